The molecule has 0 rings (SSSR count). The highest BCUT2D eigenvalue weighted by Crippen LogP contribution is 1.73. The lowest BCUT2D eigenvalue weighted by Crippen LogP contribution is -2.33. The van der Waals surface area contributed by atoms with Crippen LogP contribution in [0.4, 0.5) is 0 Å². The molecule has 0 aliphatic heterocycles. The van der Waals surface area contributed by atoms with Gasteiger partial charge >= 0.3 is 0 Å². The fourth-order valence-corrected chi connectivity index (χ4v) is 0.276. The highest BCUT2D eigenvalue weighted by Gasteiger charge is 1.97. The van der Waals surface area contributed by atoms with Gasteiger partial charge in [-0.3, -0.25) is 5.32 Å². The topological polar surface area (TPSA) is 72.7 Å². The number of rotatable bonds is 3. The average molecular weight is 121 g/mol. The molecule has 50 valence electrons. The summed E-state index contributed by atoms with van der Waals surface area (Å²) in [6.07, 6.45) is -2.07. The van der Waals surface area contributed by atoms with Crippen molar-refractivity contribution in [1.29, 1.82) is 0 Å². The Bertz CT molecular complexity index is 47.2. The summed E-state index contributed by atoms with van der Waals surface area (Å²) >= 11 is 0. The number of aliphatic hydroxyl groups excluding tert-OH is 2. The predicted molar refractivity (Wildman–Crippen MR) is 27.9 cm³/mol. The number of hydrogen-bond acceptors (Lipinski definition) is 4. The van der Waals surface area contributed by atoms with Crippen LogP contribution in [0.3, 0.4) is 0 Å². The standard InChI is InChI=1S/C4H11NO3/c1-3(6)5-2-4(7)8/h3-8H,2H2,1H3. The minimum absolute atomic E-state index is 0.00231. The Morgan fingerprint density at radius 2 is 1.88 bits per heavy atom. The van der Waals surface area contributed by atoms with E-state index in [0.717, 1.165) is 0 Å². The fraction of sp³-hybridized carbons (Fsp3) is 1.00. The van der Waals surface area contributed by atoms with Crippen molar-refractivity contribution in [2.75, 3.05) is 6.54 Å². The summed E-state index contributed by atoms with van der Waals surface area (Å²) in [6.45, 7) is 1.50. The molecular formula is C4H11NO3. The van der Waals surface area contributed by atoms with E-state index in [1.165, 1.54) is 6.92 Å². The van der Waals surface area contributed by atoms with Crippen molar-refractivity contribution in [2.24, 2.45) is 0 Å². The summed E-state index contributed by atoms with van der Waals surface area (Å²) < 4.78 is 0. The van der Waals surface area contributed by atoms with Gasteiger partial charge in [0.05, 0.1) is 0 Å². The molecule has 0 aliphatic rings. The molecule has 8 heavy (non-hydrogen) atoms. The van der Waals surface area contributed by atoms with Gasteiger partial charge in [-0.2, -0.15) is 0 Å². The van der Waals surface area contributed by atoms with Crippen LogP contribution in [-0.4, -0.2) is 34.4 Å². The van der Waals surface area contributed by atoms with Gasteiger partial charge in [-0.1, -0.05) is 0 Å². The Morgan fingerprint density at radius 1 is 1.38 bits per heavy atom. The van der Waals surface area contributed by atoms with Crippen molar-refractivity contribution in [3.63, 3.8) is 0 Å². The molecule has 0 saturated heterocycles. The summed E-state index contributed by atoms with van der Waals surface area (Å²) in [5, 5.41) is 27.2. The fourth-order valence-electron chi connectivity index (χ4n) is 0.276. The highest BCUT2D eigenvalue weighted by molar-refractivity contribution is 4.45. The van der Waals surface area contributed by atoms with Crippen LogP contribution in [0.2, 0.25) is 0 Å². The van der Waals surface area contributed by atoms with E-state index in [0.29, 0.717) is 0 Å². The molecule has 0 aromatic carbocycles. The van der Waals surface area contributed by atoms with Crippen molar-refractivity contribution in [3.8, 4) is 0 Å². The summed E-state index contributed by atoms with van der Waals surface area (Å²) in [7, 11) is 0. The van der Waals surface area contributed by atoms with Gasteiger partial charge in [-0.25, -0.2) is 0 Å². The summed E-state index contributed by atoms with van der Waals surface area (Å²) in [5.74, 6) is 0. The lowest BCUT2D eigenvalue weighted by atomic mass is 10.5. The number of hydrogen-bond donors (Lipinski definition) is 4. The van der Waals surface area contributed by atoms with Crippen molar-refractivity contribution in [2.45, 2.75) is 19.4 Å². The van der Waals surface area contributed by atoms with Crippen LogP contribution in [0.1, 0.15) is 6.92 Å². The van der Waals surface area contributed by atoms with Crippen LogP contribution < -0.4 is 5.32 Å². The van der Waals surface area contributed by atoms with Crippen LogP contribution in [0.5, 0.6) is 0 Å². The first-order valence-corrected chi connectivity index (χ1v) is 2.40. The molecule has 4 nitrogen and oxygen atoms in total. The van der Waals surface area contributed by atoms with E-state index >= 15 is 0 Å². The van der Waals surface area contributed by atoms with E-state index < -0.39 is 12.5 Å². The van der Waals surface area contributed by atoms with E-state index in [4.69, 9.17) is 15.3 Å². The molecular weight excluding hydrogens is 110 g/mol. The first-order valence-electron chi connectivity index (χ1n) is 2.40. The zero-order chi connectivity index (χ0) is 6.57. The maximum atomic E-state index is 8.47. The zero-order valence-corrected chi connectivity index (χ0v) is 4.70. The Balaban J connectivity index is 2.93. The monoisotopic (exact) mass is 121 g/mol. The predicted octanol–water partition coefficient (Wildman–Crippen LogP) is -1.78. The first-order chi connectivity index (χ1) is 3.63. The van der Waals surface area contributed by atoms with Gasteiger partial charge in [0.2, 0.25) is 0 Å². The van der Waals surface area contributed by atoms with Gasteiger partial charge in [0.15, 0.2) is 6.29 Å². The van der Waals surface area contributed by atoms with Gasteiger partial charge in [-0.05, 0) is 6.92 Å². The Kier molecular flexibility index (Phi) is 3.72. The molecule has 0 amide bonds. The molecule has 0 fully saturated rings. The second-order valence-electron chi connectivity index (χ2n) is 1.56. The maximum absolute atomic E-state index is 8.47. The molecule has 0 aromatic heterocycles. The molecule has 0 aromatic rings. The second kappa shape index (κ2) is 3.80. The lowest BCUT2D eigenvalue weighted by molar-refractivity contribution is -0.0453. The highest BCUT2D eigenvalue weighted by atomic mass is 16.5. The normalized spacial score (nSPS) is 14.6. The average Bonchev–Trinajstić information content (AvgIpc) is 1.61. The van der Waals surface area contributed by atoms with E-state index in [9.17, 15) is 0 Å². The molecule has 0 saturated carbocycles. The SMILES string of the molecule is CC(O)NCC(O)O. The van der Waals surface area contributed by atoms with E-state index in [1.54, 1.807) is 0 Å². The van der Waals surface area contributed by atoms with Crippen LogP contribution in [-0.2, 0) is 0 Å². The number of aliphatic hydroxyl groups is 3. The Labute approximate surface area is 47.8 Å². The summed E-state index contributed by atoms with van der Waals surface area (Å²) in [5.41, 5.74) is 0. The van der Waals surface area contributed by atoms with Crippen LogP contribution in [0, 0.1) is 0 Å². The van der Waals surface area contributed by atoms with Crippen LogP contribution >= 0.6 is 0 Å². The molecule has 1 atom stereocenters. The quantitative estimate of drug-likeness (QED) is 0.333. The van der Waals surface area contributed by atoms with Gasteiger partial charge in [0.1, 0.15) is 6.23 Å². The number of nitrogens with one attached hydrogen (secondary N) is 1. The van der Waals surface area contributed by atoms with Crippen molar-refractivity contribution in [3.05, 3.63) is 0 Å². The zero-order valence-electron chi connectivity index (χ0n) is 4.70. The van der Waals surface area contributed by atoms with Gasteiger partial charge in [0.25, 0.3) is 0 Å². The third-order valence-electron chi connectivity index (χ3n) is 0.596. The van der Waals surface area contributed by atoms with Crippen molar-refractivity contribution in [1.82, 2.24) is 5.32 Å². The van der Waals surface area contributed by atoms with Crippen molar-refractivity contribution >= 4 is 0 Å². The molecule has 0 bridgehead atoms. The maximum Gasteiger partial charge on any atom is 0.164 e. The van der Waals surface area contributed by atoms with Crippen LogP contribution in [0.25, 0.3) is 0 Å². The molecule has 0 radical (unpaired) electrons. The molecule has 1 unspecified atom stereocenters. The molecule has 4 heteroatoms. The minimum atomic E-state index is -1.38. The Morgan fingerprint density at radius 3 is 2.00 bits per heavy atom. The van der Waals surface area contributed by atoms with Gasteiger partial charge in [-0.15, -0.1) is 0 Å². The van der Waals surface area contributed by atoms with Crippen molar-refractivity contribution < 1.29 is 15.3 Å². The molecule has 0 heterocycles. The largest absolute Gasteiger partial charge is 0.379 e. The lowest BCUT2D eigenvalue weighted by Gasteiger charge is -2.07. The summed E-state index contributed by atoms with van der Waals surface area (Å²) in [4.78, 5) is 0. The molecule has 4 N–H and O–H groups in total. The van der Waals surface area contributed by atoms with E-state index in [1.807, 2.05) is 0 Å². The summed E-state index contributed by atoms with van der Waals surface area (Å²) in [6, 6.07) is 0. The Hall–Kier alpha value is -0.160. The molecule has 0 aliphatic carbocycles. The second-order valence-corrected chi connectivity index (χ2v) is 1.56. The first kappa shape index (κ1) is 7.84. The minimum Gasteiger partial charge on any atom is -0.379 e. The molecule has 0 spiro atoms. The van der Waals surface area contributed by atoms with Gasteiger partial charge in [0, 0.05) is 6.54 Å². The van der Waals surface area contributed by atoms with Crippen LogP contribution in [0.15, 0.2) is 0 Å². The van der Waals surface area contributed by atoms with E-state index in [-0.39, 0.29) is 6.54 Å². The smallest absolute Gasteiger partial charge is 0.164 e. The van der Waals surface area contributed by atoms with E-state index in [2.05, 4.69) is 5.32 Å². The third-order valence-corrected chi connectivity index (χ3v) is 0.596. The van der Waals surface area contributed by atoms with Gasteiger partial charge < -0.3 is 15.3 Å². The third kappa shape index (κ3) is 5.84.